The first kappa shape index (κ1) is 29.9. The summed E-state index contributed by atoms with van der Waals surface area (Å²) in [5.74, 6) is -7.16. The van der Waals surface area contributed by atoms with E-state index in [0.29, 0.717) is 17.7 Å². The lowest BCUT2D eigenvalue weighted by atomic mass is 9.57. The van der Waals surface area contributed by atoms with Gasteiger partial charge in [0.05, 0.1) is 18.2 Å². The van der Waals surface area contributed by atoms with Crippen molar-refractivity contribution in [2.75, 3.05) is 39.7 Å². The van der Waals surface area contributed by atoms with Gasteiger partial charge in [-0.25, -0.2) is 4.79 Å². The first-order valence-electron chi connectivity index (χ1n) is 13.3. The number of benzene rings is 1. The number of anilines is 1. The average Bonchev–Trinajstić information content (AvgIpc) is 2.88. The third kappa shape index (κ3) is 4.58. The van der Waals surface area contributed by atoms with Gasteiger partial charge in [0.2, 0.25) is 5.78 Å². The molecule has 1 saturated carbocycles. The fourth-order valence-corrected chi connectivity index (χ4v) is 6.29. The minimum Gasteiger partial charge on any atom is -0.508 e. The van der Waals surface area contributed by atoms with Crippen molar-refractivity contribution in [1.29, 1.82) is 0 Å². The molecule has 1 aromatic carbocycles. The maximum Gasteiger partial charge on any atom is 0.407 e. The molecule has 13 nitrogen and oxygen atoms in total. The number of hydrogen-bond acceptors (Lipinski definition) is 11. The lowest BCUT2D eigenvalue weighted by Gasteiger charge is -2.50. The Kier molecular flexibility index (Phi) is 7.80. The highest BCUT2D eigenvalue weighted by atomic mass is 16.5. The number of rotatable bonds is 7. The molecule has 0 spiro atoms. The van der Waals surface area contributed by atoms with Gasteiger partial charge < -0.3 is 41.1 Å². The second-order valence-corrected chi connectivity index (χ2v) is 11.1. The highest BCUT2D eigenvalue weighted by Crippen LogP contribution is 2.54. The van der Waals surface area contributed by atoms with Crippen LogP contribution in [0.5, 0.6) is 5.75 Å². The quantitative estimate of drug-likeness (QED) is 0.251. The van der Waals surface area contributed by atoms with Crippen molar-refractivity contribution in [3.8, 4) is 5.75 Å². The van der Waals surface area contributed by atoms with Crippen LogP contribution in [0.25, 0.3) is 5.76 Å². The molecular formula is C28H36N4O9. The van der Waals surface area contributed by atoms with Crippen LogP contribution in [0.3, 0.4) is 0 Å². The van der Waals surface area contributed by atoms with E-state index in [2.05, 4.69) is 5.32 Å². The Morgan fingerprint density at radius 3 is 2.39 bits per heavy atom. The van der Waals surface area contributed by atoms with Crippen LogP contribution in [0.4, 0.5) is 10.5 Å². The second kappa shape index (κ2) is 10.7. The van der Waals surface area contributed by atoms with Crippen molar-refractivity contribution in [2.45, 2.75) is 44.4 Å². The lowest BCUT2D eigenvalue weighted by Crippen LogP contribution is -2.65. The number of fused-ring (bicyclic) bond motifs is 3. The Bertz CT molecular complexity index is 1400. The number of aromatic hydroxyl groups is 1. The smallest absolute Gasteiger partial charge is 0.407 e. The highest BCUT2D eigenvalue weighted by molar-refractivity contribution is 6.24. The number of likely N-dealkylation sites (N-methyl/N-ethyl adjacent to an activating group) is 1. The molecule has 41 heavy (non-hydrogen) atoms. The molecule has 0 bridgehead atoms. The molecule has 1 fully saturated rings. The summed E-state index contributed by atoms with van der Waals surface area (Å²) in [6, 6.07) is 0.503. The van der Waals surface area contributed by atoms with E-state index in [0.717, 1.165) is 0 Å². The number of ether oxygens (including phenoxy) is 1. The van der Waals surface area contributed by atoms with Gasteiger partial charge in [-0.1, -0.05) is 6.92 Å². The van der Waals surface area contributed by atoms with E-state index in [4.69, 9.17) is 10.5 Å². The molecule has 0 aromatic heterocycles. The molecule has 13 heteroatoms. The van der Waals surface area contributed by atoms with Crippen LogP contribution in [-0.2, 0) is 32.1 Å². The Morgan fingerprint density at radius 2 is 1.83 bits per heavy atom. The van der Waals surface area contributed by atoms with E-state index in [9.17, 15) is 39.6 Å². The second-order valence-electron chi connectivity index (χ2n) is 11.1. The molecular weight excluding hydrogens is 536 g/mol. The summed E-state index contributed by atoms with van der Waals surface area (Å²) in [7, 11) is 6.61. The van der Waals surface area contributed by atoms with Gasteiger partial charge in [0.1, 0.15) is 22.8 Å². The van der Waals surface area contributed by atoms with Crippen LogP contribution in [0, 0.1) is 11.8 Å². The van der Waals surface area contributed by atoms with E-state index in [1.165, 1.54) is 4.90 Å². The van der Waals surface area contributed by atoms with Gasteiger partial charge in [-0.05, 0) is 50.9 Å². The predicted octanol–water partition coefficient (Wildman–Crippen LogP) is 0.666. The maximum absolute atomic E-state index is 14.0. The number of nitrogens with zero attached hydrogens (tertiary/aromatic N) is 2. The summed E-state index contributed by atoms with van der Waals surface area (Å²) in [4.78, 5) is 54.6. The average molecular weight is 573 g/mol. The number of phenols is 1. The van der Waals surface area contributed by atoms with Crippen LogP contribution in [0.1, 0.15) is 36.5 Å². The Morgan fingerprint density at radius 1 is 1.17 bits per heavy atom. The minimum atomic E-state index is -2.72. The van der Waals surface area contributed by atoms with Crippen LogP contribution in [0.15, 0.2) is 23.0 Å². The van der Waals surface area contributed by atoms with E-state index in [-0.39, 0.29) is 48.4 Å². The number of alkyl carbamates (subject to hydrolysis) is 1. The fourth-order valence-electron chi connectivity index (χ4n) is 6.29. The standard InChI is InChI=1S/C28H36N4O9/c1-6-7-41-27(39)30-11-13-10-16(31(2)3)14-8-12-9-15-20(32(4)5)23(35)19(26(29)38)25(37)28(15,40)24(36)17(12)22(34)18(14)21(13)33/h10,12,15,20,33-34,37,40H,6-9,11H2,1-5H3,(H2,29,38)(H,30,39)/t12-,15-,20-,28-/m0/s1. The number of aliphatic hydroxyl groups is 3. The van der Waals surface area contributed by atoms with Crippen molar-refractivity contribution < 1.29 is 44.3 Å². The van der Waals surface area contributed by atoms with Crippen molar-refractivity contribution in [1.82, 2.24) is 10.2 Å². The van der Waals surface area contributed by atoms with Gasteiger partial charge >= 0.3 is 6.09 Å². The lowest BCUT2D eigenvalue weighted by molar-refractivity contribution is -0.153. The molecule has 7 N–H and O–H groups in total. The van der Waals surface area contributed by atoms with E-state index in [1.807, 2.05) is 6.92 Å². The number of primary amides is 1. The number of phenolic OH excluding ortho intramolecular Hbond substituents is 1. The van der Waals surface area contributed by atoms with Crippen LogP contribution < -0.4 is 16.0 Å². The van der Waals surface area contributed by atoms with Gasteiger partial charge in [-0.3, -0.25) is 19.3 Å². The molecule has 3 aliphatic rings. The molecule has 1 aromatic rings. The summed E-state index contributed by atoms with van der Waals surface area (Å²) in [5.41, 5.74) is 2.85. The fraction of sp³-hybridized carbons (Fsp3) is 0.500. The predicted molar refractivity (Wildman–Crippen MR) is 147 cm³/mol. The zero-order valence-electron chi connectivity index (χ0n) is 23.6. The number of aliphatic hydroxyl groups excluding tert-OH is 2. The van der Waals surface area contributed by atoms with Gasteiger partial charge in [0, 0.05) is 43.4 Å². The first-order chi connectivity index (χ1) is 19.2. The number of nitrogens with one attached hydrogen (secondary N) is 1. The summed E-state index contributed by atoms with van der Waals surface area (Å²) in [6.45, 7) is 1.91. The molecule has 2 amide bonds. The molecule has 3 aliphatic carbocycles. The van der Waals surface area contributed by atoms with Crippen LogP contribution in [0.2, 0.25) is 0 Å². The van der Waals surface area contributed by atoms with Crippen molar-refractivity contribution >= 4 is 35.0 Å². The number of carbonyl (C=O) groups is 4. The molecule has 4 atom stereocenters. The van der Waals surface area contributed by atoms with Crippen LogP contribution >= 0.6 is 0 Å². The topological polar surface area (TPSA) is 203 Å². The molecule has 0 radical (unpaired) electrons. The Labute approximate surface area is 236 Å². The monoisotopic (exact) mass is 572 g/mol. The number of Topliss-reactive ketones (excluding diaryl/α,β-unsaturated/α-hetero) is 2. The van der Waals surface area contributed by atoms with Gasteiger partial charge in [-0.2, -0.15) is 0 Å². The zero-order chi connectivity index (χ0) is 30.5. The molecule has 0 aliphatic heterocycles. The Balaban J connectivity index is 1.89. The summed E-state index contributed by atoms with van der Waals surface area (Å²) in [5, 5.41) is 48.0. The van der Waals surface area contributed by atoms with Crippen molar-refractivity contribution in [3.05, 3.63) is 39.7 Å². The van der Waals surface area contributed by atoms with Crippen LogP contribution in [-0.4, -0.2) is 95.3 Å². The van der Waals surface area contributed by atoms with Gasteiger partial charge in [-0.15, -0.1) is 0 Å². The minimum absolute atomic E-state index is 0.00797. The molecule has 0 unspecified atom stereocenters. The maximum atomic E-state index is 14.0. The first-order valence-corrected chi connectivity index (χ1v) is 13.3. The number of nitrogens with two attached hydrogens (primary N) is 1. The van der Waals surface area contributed by atoms with Crippen molar-refractivity contribution in [2.24, 2.45) is 17.6 Å². The summed E-state index contributed by atoms with van der Waals surface area (Å²) in [6.07, 6.45) is 0.0818. The molecule has 0 saturated heterocycles. The SMILES string of the molecule is CCCOC(=O)NCc1cc(N(C)C)c2c(c1O)C(O)=C1C(=O)[C@]3(O)C(O)=C(C(N)=O)C(=O)[C@@H](N(C)C)[C@@H]3C[C@@H]1C2. The molecule has 0 heterocycles. The molecule has 4 rings (SSSR count). The number of carbonyl (C=O) groups excluding carboxylic acids is 4. The van der Waals surface area contributed by atoms with E-state index >= 15 is 0 Å². The molecule has 222 valence electrons. The number of ketones is 2. The van der Waals surface area contributed by atoms with Crippen molar-refractivity contribution in [3.63, 3.8) is 0 Å². The largest absolute Gasteiger partial charge is 0.508 e. The third-order valence-corrected chi connectivity index (χ3v) is 8.12. The normalized spacial score (nSPS) is 25.5. The van der Waals surface area contributed by atoms with Gasteiger partial charge in [0.25, 0.3) is 5.91 Å². The van der Waals surface area contributed by atoms with E-state index < -0.39 is 64.1 Å². The summed E-state index contributed by atoms with van der Waals surface area (Å²) >= 11 is 0. The van der Waals surface area contributed by atoms with E-state index in [1.54, 1.807) is 39.2 Å². The zero-order valence-corrected chi connectivity index (χ0v) is 23.6. The number of amides is 2. The summed E-state index contributed by atoms with van der Waals surface area (Å²) < 4.78 is 5.02. The highest BCUT2D eigenvalue weighted by Gasteiger charge is 2.64. The van der Waals surface area contributed by atoms with Gasteiger partial charge in [0.15, 0.2) is 11.4 Å². The third-order valence-electron chi connectivity index (χ3n) is 8.12. The number of hydrogen-bond donors (Lipinski definition) is 6. The Hall–Kier alpha value is -4.10.